The molecule has 0 radical (unpaired) electrons. The molecule has 2 saturated heterocycles. The summed E-state index contributed by atoms with van der Waals surface area (Å²) in [7, 11) is 0. The van der Waals surface area contributed by atoms with E-state index < -0.39 is 41.2 Å². The maximum Gasteiger partial charge on any atom is 0.245 e. The zero-order valence-electron chi connectivity index (χ0n) is 54.8. The van der Waals surface area contributed by atoms with Crippen molar-refractivity contribution in [2.45, 2.75) is 188 Å². The number of hydrogen-bond donors (Lipinski definition) is 5. The molecule has 2 saturated carbocycles. The Morgan fingerprint density at radius 2 is 0.968 bits per heavy atom. The van der Waals surface area contributed by atoms with Crippen LogP contribution >= 0.6 is 0 Å². The zero-order valence-corrected chi connectivity index (χ0v) is 54.8. The van der Waals surface area contributed by atoms with Gasteiger partial charge in [-0.05, 0) is 124 Å². The third kappa shape index (κ3) is 20.0. The van der Waals surface area contributed by atoms with Gasteiger partial charge >= 0.3 is 0 Å². The lowest BCUT2D eigenvalue weighted by atomic mass is 9.77. The van der Waals surface area contributed by atoms with E-state index in [0.717, 1.165) is 70.8 Å². The van der Waals surface area contributed by atoms with E-state index in [2.05, 4.69) is 48.5 Å². The normalized spacial score (nSPS) is 17.6. The van der Waals surface area contributed by atoms with Crippen molar-refractivity contribution in [1.29, 1.82) is 0 Å². The number of halogens is 2. The molecule has 502 valence electrons. The molecule has 2 aliphatic heterocycles. The first-order valence-corrected chi connectivity index (χ1v) is 33.7. The SMILES string of the molecule is CCC(=O)N[C@H](Cc1ccc(NC(=O)[C@@H](CC(=O)c2ccnn2CC)C2CCCCC2)c(F)c1)C(=O)N1CCC(C)(O)CC1.CCC(=O)N[C@H](Cc1ccc(NC(=O)[C@@H](CC(=O)c2ccnn2CC)C2CCCCC2)c(F)c1)C(=O)N1CCN(Cc2ccccc2)CC1. The molecule has 5 N–H and O–H groups in total. The number of anilines is 2. The highest BCUT2D eigenvalue weighted by atomic mass is 19.1. The van der Waals surface area contributed by atoms with Crippen LogP contribution in [0, 0.1) is 35.3 Å². The zero-order chi connectivity index (χ0) is 66.6. The van der Waals surface area contributed by atoms with E-state index in [1.807, 2.05) is 32.0 Å². The molecule has 0 bridgehead atoms. The van der Waals surface area contributed by atoms with Crippen LogP contribution in [0.1, 0.15) is 175 Å². The number of aliphatic hydroxyl groups is 1. The van der Waals surface area contributed by atoms with E-state index >= 15 is 8.78 Å². The van der Waals surface area contributed by atoms with Gasteiger partial charge in [-0.3, -0.25) is 52.6 Å². The van der Waals surface area contributed by atoms with E-state index in [-0.39, 0.29) is 109 Å². The highest BCUT2D eigenvalue weighted by Crippen LogP contribution is 2.36. The molecule has 0 unspecified atom stereocenters. The molecular weight excluding hydrogens is 1190 g/mol. The van der Waals surface area contributed by atoms with Gasteiger partial charge < -0.3 is 36.2 Å². The van der Waals surface area contributed by atoms with Gasteiger partial charge in [-0.15, -0.1) is 0 Å². The van der Waals surface area contributed by atoms with Gasteiger partial charge in [0, 0.05) is 122 Å². The molecule has 9 rings (SSSR count). The van der Waals surface area contributed by atoms with E-state index in [4.69, 9.17) is 0 Å². The first kappa shape index (κ1) is 70.9. The topological polar surface area (TPSA) is 250 Å². The standard InChI is InChI=1S/C38H49FN6O4.C33H46FN5O5/c1-3-36(47)41-33(38(49)44-21-19-43(20-22-44)26-27-11-7-5-8-12-27)24-28-15-16-32(31(39)23-28)42-37(48)30(29-13-9-6-10-14-29)25-35(46)34-17-18-40-45(34)4-2;1-4-30(41)36-27(32(43)38-17-14-33(3,44)15-18-38)20-22-11-12-26(25(34)19-22)37-31(42)24(23-9-7-6-8-10-23)21-29(40)28-13-16-35-39(28)5-2/h5,7-8,11-12,15-18,23,29-30,33H,3-4,6,9-10,13-14,19-22,24-26H2,1-2H3,(H,41,47)(H,42,48);11-13,16,19,23-24,27,44H,4-10,14-15,17-18,20-21H2,1-3H3,(H,36,41)(H,37,42)/t30-,33+;24-,27+/m00/s1. The fourth-order valence-electron chi connectivity index (χ4n) is 13.4. The summed E-state index contributed by atoms with van der Waals surface area (Å²) >= 11 is 0. The lowest BCUT2D eigenvalue weighted by Crippen LogP contribution is -2.55. The van der Waals surface area contributed by atoms with E-state index in [1.165, 1.54) is 29.8 Å². The summed E-state index contributed by atoms with van der Waals surface area (Å²) < 4.78 is 34.2. The molecule has 4 aliphatic rings. The number of Topliss-reactive ketones (excluding diaryl/α,β-unsaturated/α-hetero) is 2. The van der Waals surface area contributed by atoms with Gasteiger partial charge in [0.05, 0.1) is 17.0 Å². The molecular formula is C71H95F2N11O9. The highest BCUT2D eigenvalue weighted by Gasteiger charge is 2.37. The average molecular weight is 1280 g/mol. The molecule has 20 nitrogen and oxygen atoms in total. The van der Waals surface area contributed by atoms with Crippen LogP contribution in [-0.2, 0) is 61.2 Å². The molecule has 93 heavy (non-hydrogen) atoms. The Hall–Kier alpha value is -7.98. The molecule has 0 spiro atoms. The largest absolute Gasteiger partial charge is 0.390 e. The van der Waals surface area contributed by atoms with Gasteiger partial charge in [-0.2, -0.15) is 10.2 Å². The number of benzene rings is 3. The molecule has 2 aromatic heterocycles. The third-order valence-electron chi connectivity index (χ3n) is 19.0. The van der Waals surface area contributed by atoms with Crippen LogP contribution in [0.2, 0.25) is 0 Å². The van der Waals surface area contributed by atoms with E-state index in [1.54, 1.807) is 76.6 Å². The maximum atomic E-state index is 15.6. The monoisotopic (exact) mass is 1280 g/mol. The van der Waals surface area contributed by atoms with E-state index in [9.17, 15) is 43.5 Å². The molecule has 2 aliphatic carbocycles. The average Bonchev–Trinajstić information content (AvgIpc) is 1.36. The lowest BCUT2D eigenvalue weighted by molar-refractivity contribution is -0.139. The van der Waals surface area contributed by atoms with Crippen LogP contribution in [0.5, 0.6) is 0 Å². The van der Waals surface area contributed by atoms with Crippen molar-refractivity contribution in [2.75, 3.05) is 49.9 Å². The van der Waals surface area contributed by atoms with Crippen LogP contribution in [0.15, 0.2) is 91.3 Å². The molecule has 22 heteroatoms. The summed E-state index contributed by atoms with van der Waals surface area (Å²) in [6, 6.07) is 20.7. The highest BCUT2D eigenvalue weighted by molar-refractivity contribution is 6.01. The number of carbonyl (C=O) groups is 8. The van der Waals surface area contributed by atoms with E-state index in [0.29, 0.717) is 87.7 Å². The Morgan fingerprint density at radius 3 is 1.37 bits per heavy atom. The van der Waals surface area contributed by atoms with Crippen molar-refractivity contribution in [3.05, 3.63) is 131 Å². The summed E-state index contributed by atoms with van der Waals surface area (Å²) in [6.45, 7) is 14.1. The van der Waals surface area contributed by atoms with Crippen molar-refractivity contribution in [2.24, 2.45) is 23.7 Å². The van der Waals surface area contributed by atoms with Crippen LogP contribution in [0.3, 0.4) is 0 Å². The number of nitrogens with zero attached hydrogens (tertiary/aromatic N) is 7. The Labute approximate surface area is 545 Å². The van der Waals surface area contributed by atoms with Crippen molar-refractivity contribution >= 4 is 58.4 Å². The quantitative estimate of drug-likeness (QED) is 0.0325. The number of rotatable bonds is 26. The van der Waals surface area contributed by atoms with Crippen LogP contribution < -0.4 is 21.3 Å². The second-order valence-corrected chi connectivity index (χ2v) is 25.7. The Morgan fingerprint density at radius 1 is 0.548 bits per heavy atom. The number of aromatic nitrogens is 4. The number of amides is 6. The molecule has 3 aromatic carbocycles. The first-order valence-electron chi connectivity index (χ1n) is 33.7. The second-order valence-electron chi connectivity index (χ2n) is 25.7. The summed E-state index contributed by atoms with van der Waals surface area (Å²) in [5.41, 5.74) is 2.37. The summed E-state index contributed by atoms with van der Waals surface area (Å²) in [5.74, 6) is -4.49. The number of nitrogens with one attached hydrogen (secondary N) is 4. The minimum atomic E-state index is -0.886. The van der Waals surface area contributed by atoms with Gasteiger partial charge in [-0.1, -0.05) is 94.8 Å². The minimum Gasteiger partial charge on any atom is -0.390 e. The summed E-state index contributed by atoms with van der Waals surface area (Å²) in [5, 5.41) is 29.8. The predicted octanol–water partition coefficient (Wildman–Crippen LogP) is 9.49. The number of ketones is 2. The second kappa shape index (κ2) is 34.3. The van der Waals surface area contributed by atoms with Crippen LogP contribution in [0.4, 0.5) is 20.2 Å². The molecule has 6 amide bonds. The predicted molar refractivity (Wildman–Crippen MR) is 350 cm³/mol. The fourth-order valence-corrected chi connectivity index (χ4v) is 13.4. The number of piperazine rings is 1. The smallest absolute Gasteiger partial charge is 0.245 e. The lowest BCUT2D eigenvalue weighted by Gasteiger charge is -2.37. The van der Waals surface area contributed by atoms with Gasteiger partial charge in [0.25, 0.3) is 0 Å². The Bertz CT molecular complexity index is 3340. The summed E-state index contributed by atoms with van der Waals surface area (Å²) in [4.78, 5) is 111. The molecule has 4 heterocycles. The number of aryl methyl sites for hydroxylation is 2. The third-order valence-corrected chi connectivity index (χ3v) is 19.0. The number of likely N-dealkylation sites (tertiary alicyclic amines) is 1. The van der Waals surface area contributed by atoms with Crippen LogP contribution in [-0.4, -0.2) is 143 Å². The first-order chi connectivity index (χ1) is 44.8. The number of hydrogen-bond acceptors (Lipinski definition) is 12. The van der Waals surface area contributed by atoms with Gasteiger partial charge in [-0.25, -0.2) is 8.78 Å². The van der Waals surface area contributed by atoms with Crippen molar-refractivity contribution in [3.63, 3.8) is 0 Å². The Kier molecular flexibility index (Phi) is 26.1. The Balaban J connectivity index is 0.000000240. The number of piperidine rings is 1. The van der Waals surface area contributed by atoms with Crippen molar-refractivity contribution in [3.8, 4) is 0 Å². The van der Waals surface area contributed by atoms with Crippen LogP contribution in [0.25, 0.3) is 0 Å². The fraction of sp³-hybridized carbons (Fsp3) is 0.549. The molecule has 4 atom stereocenters. The van der Waals surface area contributed by atoms with Gasteiger partial charge in [0.2, 0.25) is 35.4 Å². The summed E-state index contributed by atoms with van der Waals surface area (Å²) in [6.07, 6.45) is 14.2. The van der Waals surface area contributed by atoms with Gasteiger partial charge in [0.1, 0.15) is 35.1 Å². The molecule has 4 fully saturated rings. The van der Waals surface area contributed by atoms with Gasteiger partial charge in [0.15, 0.2) is 11.6 Å². The minimum absolute atomic E-state index is 0.00402. The number of carbonyl (C=O) groups excluding carboxylic acids is 8. The van der Waals surface area contributed by atoms with Crippen molar-refractivity contribution < 1.29 is 52.2 Å². The van der Waals surface area contributed by atoms with Crippen molar-refractivity contribution in [1.82, 2.24) is 44.9 Å². The molecule has 5 aromatic rings. The maximum absolute atomic E-state index is 15.6.